The minimum atomic E-state index is -3.80. The van der Waals surface area contributed by atoms with Crippen molar-refractivity contribution in [3.05, 3.63) is 57.0 Å². The van der Waals surface area contributed by atoms with Crippen molar-refractivity contribution >= 4 is 20.9 Å². The number of aromatic nitrogens is 4. The highest BCUT2D eigenvalue weighted by molar-refractivity contribution is 7.89. The van der Waals surface area contributed by atoms with E-state index in [2.05, 4.69) is 9.82 Å². The molecule has 2 aromatic heterocycles. The molecule has 10 nitrogen and oxygen atoms in total. The molecule has 1 aromatic carbocycles. The van der Waals surface area contributed by atoms with Crippen molar-refractivity contribution in [1.29, 1.82) is 0 Å². The van der Waals surface area contributed by atoms with Crippen molar-refractivity contribution in [3.8, 4) is 0 Å². The monoisotopic (exact) mass is 473 g/mol. The van der Waals surface area contributed by atoms with Crippen molar-refractivity contribution in [2.75, 3.05) is 6.61 Å². The molecule has 1 aliphatic carbocycles. The molecule has 1 saturated carbocycles. The first-order valence-corrected chi connectivity index (χ1v) is 12.5. The van der Waals surface area contributed by atoms with Crippen LogP contribution in [0.5, 0.6) is 0 Å². The van der Waals surface area contributed by atoms with Gasteiger partial charge in [0, 0.05) is 31.0 Å². The Bertz CT molecular complexity index is 1440. The Balaban J connectivity index is 1.66. The number of fused-ring (bicyclic) bond motifs is 1. The van der Waals surface area contributed by atoms with Crippen LogP contribution in [0, 0.1) is 0 Å². The van der Waals surface area contributed by atoms with Crippen LogP contribution in [-0.2, 0) is 34.9 Å². The first kappa shape index (κ1) is 22.1. The van der Waals surface area contributed by atoms with Gasteiger partial charge in [-0.1, -0.05) is 0 Å². The van der Waals surface area contributed by atoms with Crippen molar-refractivity contribution < 1.29 is 13.2 Å². The van der Waals surface area contributed by atoms with Crippen molar-refractivity contribution in [1.82, 2.24) is 23.6 Å². The number of aryl methyl sites for hydroxylation is 1. The maximum absolute atomic E-state index is 13.4. The van der Waals surface area contributed by atoms with Gasteiger partial charge in [0.05, 0.1) is 41.2 Å². The maximum atomic E-state index is 13.4. The normalized spacial score (nSPS) is 19.9. The van der Waals surface area contributed by atoms with E-state index in [4.69, 9.17) is 4.74 Å². The summed E-state index contributed by atoms with van der Waals surface area (Å²) < 4.78 is 38.6. The Kier molecular flexibility index (Phi) is 5.30. The molecule has 5 rings (SSSR count). The predicted octanol–water partition coefficient (Wildman–Crippen LogP) is 0.955. The number of benzene rings is 1. The zero-order valence-electron chi connectivity index (χ0n) is 18.7. The molecule has 11 heteroatoms. The van der Waals surface area contributed by atoms with Crippen LogP contribution in [0.25, 0.3) is 10.9 Å². The molecule has 33 heavy (non-hydrogen) atoms. The van der Waals surface area contributed by atoms with Crippen LogP contribution in [0.2, 0.25) is 0 Å². The third-order valence-electron chi connectivity index (χ3n) is 6.40. The Labute approximate surface area is 190 Å². The number of sulfonamides is 1. The summed E-state index contributed by atoms with van der Waals surface area (Å²) in [5.41, 5.74) is -0.318. The lowest BCUT2D eigenvalue weighted by molar-refractivity contribution is 0.0965. The lowest BCUT2D eigenvalue weighted by Crippen LogP contribution is -2.42. The number of rotatable bonds is 7. The van der Waals surface area contributed by atoms with E-state index in [0.29, 0.717) is 24.2 Å². The van der Waals surface area contributed by atoms with Crippen LogP contribution in [0.4, 0.5) is 0 Å². The number of nitrogens with zero attached hydrogens (tertiary/aromatic N) is 4. The second kappa shape index (κ2) is 7.93. The van der Waals surface area contributed by atoms with E-state index in [9.17, 15) is 18.0 Å². The molecule has 0 radical (unpaired) electrons. The third kappa shape index (κ3) is 4.28. The van der Waals surface area contributed by atoms with Gasteiger partial charge in [0.15, 0.2) is 0 Å². The molecule has 1 saturated heterocycles. The number of nitrogens with one attached hydrogen (secondary N) is 1. The Hall–Kier alpha value is -2.76. The van der Waals surface area contributed by atoms with Crippen LogP contribution in [-0.4, -0.2) is 45.6 Å². The second-order valence-corrected chi connectivity index (χ2v) is 11.0. The van der Waals surface area contributed by atoms with E-state index < -0.39 is 26.8 Å². The van der Waals surface area contributed by atoms with Gasteiger partial charge in [-0.2, -0.15) is 5.10 Å². The molecule has 0 bridgehead atoms. The Morgan fingerprint density at radius 2 is 2.03 bits per heavy atom. The third-order valence-corrected chi connectivity index (χ3v) is 8.03. The number of hydrogen-bond acceptors (Lipinski definition) is 6. The molecule has 1 N–H and O–H groups in total. The van der Waals surface area contributed by atoms with Crippen LogP contribution in [0.15, 0.2) is 45.1 Å². The summed E-state index contributed by atoms with van der Waals surface area (Å²) in [6.45, 7) is 2.83. The van der Waals surface area contributed by atoms with Crippen LogP contribution in [0.1, 0.15) is 38.2 Å². The summed E-state index contributed by atoms with van der Waals surface area (Å²) >= 11 is 0. The largest absolute Gasteiger partial charge is 0.376 e. The van der Waals surface area contributed by atoms with Gasteiger partial charge in [0.25, 0.3) is 5.56 Å². The van der Waals surface area contributed by atoms with Gasteiger partial charge in [-0.15, -0.1) is 0 Å². The number of ether oxygens (including phenoxy) is 1. The second-order valence-electron chi connectivity index (χ2n) is 9.29. The lowest BCUT2D eigenvalue weighted by Gasteiger charge is -2.18. The van der Waals surface area contributed by atoms with Gasteiger partial charge in [0.1, 0.15) is 0 Å². The molecule has 2 fully saturated rings. The van der Waals surface area contributed by atoms with Crippen molar-refractivity contribution in [2.45, 2.75) is 62.2 Å². The van der Waals surface area contributed by atoms with Crippen LogP contribution < -0.4 is 16.0 Å². The number of hydrogen-bond donors (Lipinski definition) is 1. The predicted molar refractivity (Wildman–Crippen MR) is 122 cm³/mol. The summed E-state index contributed by atoms with van der Waals surface area (Å²) in [5.74, 6) is 0. The Morgan fingerprint density at radius 3 is 2.67 bits per heavy atom. The summed E-state index contributed by atoms with van der Waals surface area (Å²) in [7, 11) is -2.04. The van der Waals surface area contributed by atoms with E-state index in [1.807, 2.05) is 6.92 Å². The van der Waals surface area contributed by atoms with E-state index in [1.54, 1.807) is 30.2 Å². The molecular weight excluding hydrogens is 446 g/mol. The molecule has 1 aliphatic heterocycles. The minimum Gasteiger partial charge on any atom is -0.376 e. The zero-order valence-corrected chi connectivity index (χ0v) is 19.5. The van der Waals surface area contributed by atoms with E-state index in [0.717, 1.165) is 30.3 Å². The average molecular weight is 474 g/mol. The highest BCUT2D eigenvalue weighted by Gasteiger charge is 2.41. The molecule has 3 aromatic rings. The van der Waals surface area contributed by atoms with Gasteiger partial charge < -0.3 is 4.74 Å². The molecule has 3 heterocycles. The van der Waals surface area contributed by atoms with Gasteiger partial charge in [-0.05, 0) is 50.8 Å². The zero-order chi connectivity index (χ0) is 23.4. The summed E-state index contributed by atoms with van der Waals surface area (Å²) in [6.07, 6.45) is 6.50. The molecule has 1 unspecified atom stereocenters. The molecule has 176 valence electrons. The molecule has 2 aliphatic rings. The van der Waals surface area contributed by atoms with Gasteiger partial charge in [-0.25, -0.2) is 17.9 Å². The van der Waals surface area contributed by atoms with E-state index >= 15 is 0 Å². The summed E-state index contributed by atoms with van der Waals surface area (Å²) in [6, 6.07) is 4.37. The average Bonchev–Trinajstić information content (AvgIpc) is 3.14. The first-order chi connectivity index (χ1) is 15.7. The molecule has 0 amide bonds. The fourth-order valence-electron chi connectivity index (χ4n) is 4.29. The molecular formula is C22H27N5O5S. The molecule has 0 spiro atoms. The van der Waals surface area contributed by atoms with Crippen molar-refractivity contribution in [2.24, 2.45) is 7.05 Å². The lowest BCUT2D eigenvalue weighted by atomic mass is 10.2. The highest BCUT2D eigenvalue weighted by atomic mass is 32.2. The Morgan fingerprint density at radius 1 is 1.24 bits per heavy atom. The van der Waals surface area contributed by atoms with Crippen LogP contribution >= 0.6 is 0 Å². The van der Waals surface area contributed by atoms with Crippen molar-refractivity contribution in [3.63, 3.8) is 0 Å². The highest BCUT2D eigenvalue weighted by Crippen LogP contribution is 2.36. The summed E-state index contributed by atoms with van der Waals surface area (Å²) in [5, 5.41) is 4.29. The van der Waals surface area contributed by atoms with E-state index in [1.165, 1.54) is 16.7 Å². The minimum absolute atomic E-state index is 0.00969. The van der Waals surface area contributed by atoms with Gasteiger partial charge >= 0.3 is 5.69 Å². The van der Waals surface area contributed by atoms with Gasteiger partial charge in [0.2, 0.25) is 10.0 Å². The first-order valence-electron chi connectivity index (χ1n) is 11.1. The summed E-state index contributed by atoms with van der Waals surface area (Å²) in [4.78, 5) is 26.8. The van der Waals surface area contributed by atoms with E-state index in [-0.39, 0.29) is 22.9 Å². The SMILES string of the molecule is Cn1cc(Cn2c(=O)c3cc(S(=O)(=O)NC4(C)CC4)ccc3n(CC3CCCO3)c2=O)cn1. The topological polar surface area (TPSA) is 117 Å². The maximum Gasteiger partial charge on any atom is 0.331 e. The van der Waals surface area contributed by atoms with Crippen LogP contribution in [0.3, 0.4) is 0 Å². The standard InChI is InChI=1S/C22H27N5O5S/c1-22(7-8-22)24-33(30,31)17-5-6-19-18(10-17)20(28)27(13-15-11-23-25(2)12-15)21(29)26(19)14-16-4-3-9-32-16/h5-6,10-12,16,24H,3-4,7-9,13-14H2,1-2H3. The fourth-order valence-corrected chi connectivity index (χ4v) is 5.78. The molecule has 1 atom stereocenters. The smallest absolute Gasteiger partial charge is 0.331 e. The van der Waals surface area contributed by atoms with Gasteiger partial charge in [-0.3, -0.25) is 18.6 Å². The fraction of sp³-hybridized carbons (Fsp3) is 0.500. The quantitative estimate of drug-likeness (QED) is 0.546.